The predicted octanol–water partition coefficient (Wildman–Crippen LogP) is 1.29. The van der Waals surface area contributed by atoms with Crippen LogP contribution >= 0.6 is 0 Å². The van der Waals surface area contributed by atoms with Gasteiger partial charge >= 0.3 is 0 Å². The summed E-state index contributed by atoms with van der Waals surface area (Å²) in [5, 5.41) is 0. The standard InChI is InChI=1S/C9H13N3/c1-3-6-12(2)9-4-5-11-7-8(9)10/h3-5,7H,1,6,10H2,2H3. The molecule has 1 aromatic rings. The van der Waals surface area contributed by atoms with Crippen LogP contribution in [0.1, 0.15) is 0 Å². The van der Waals surface area contributed by atoms with Gasteiger partial charge < -0.3 is 10.6 Å². The predicted molar refractivity (Wildman–Crippen MR) is 52.1 cm³/mol. The van der Waals surface area contributed by atoms with Gasteiger partial charge in [0.2, 0.25) is 0 Å². The van der Waals surface area contributed by atoms with Crippen molar-refractivity contribution in [3.05, 3.63) is 31.1 Å². The molecule has 3 heteroatoms. The highest BCUT2D eigenvalue weighted by atomic mass is 15.1. The molecule has 0 radical (unpaired) electrons. The van der Waals surface area contributed by atoms with E-state index in [0.29, 0.717) is 5.69 Å². The van der Waals surface area contributed by atoms with E-state index in [1.165, 1.54) is 0 Å². The summed E-state index contributed by atoms with van der Waals surface area (Å²) in [5.41, 5.74) is 7.40. The zero-order chi connectivity index (χ0) is 8.97. The second kappa shape index (κ2) is 3.76. The topological polar surface area (TPSA) is 42.2 Å². The second-order valence-electron chi connectivity index (χ2n) is 2.60. The molecule has 0 aliphatic heterocycles. The van der Waals surface area contributed by atoms with Crippen LogP contribution in [0.4, 0.5) is 11.4 Å². The fourth-order valence-corrected chi connectivity index (χ4v) is 1.04. The summed E-state index contributed by atoms with van der Waals surface area (Å²) in [6, 6.07) is 1.89. The molecule has 3 nitrogen and oxygen atoms in total. The van der Waals surface area contributed by atoms with Gasteiger partial charge in [-0.3, -0.25) is 4.98 Å². The minimum Gasteiger partial charge on any atom is -0.396 e. The van der Waals surface area contributed by atoms with Gasteiger partial charge in [0, 0.05) is 19.8 Å². The largest absolute Gasteiger partial charge is 0.396 e. The molecular formula is C9H13N3. The normalized spacial score (nSPS) is 9.42. The number of hydrogen-bond acceptors (Lipinski definition) is 3. The van der Waals surface area contributed by atoms with E-state index in [-0.39, 0.29) is 0 Å². The van der Waals surface area contributed by atoms with Crippen LogP contribution < -0.4 is 10.6 Å². The van der Waals surface area contributed by atoms with Crippen molar-refractivity contribution in [3.8, 4) is 0 Å². The molecule has 0 amide bonds. The van der Waals surface area contributed by atoms with Gasteiger partial charge in [0.15, 0.2) is 0 Å². The molecule has 1 aromatic heterocycles. The molecule has 0 aliphatic rings. The van der Waals surface area contributed by atoms with E-state index in [9.17, 15) is 0 Å². The Morgan fingerprint density at radius 1 is 1.75 bits per heavy atom. The number of nitrogens with zero attached hydrogens (tertiary/aromatic N) is 2. The SMILES string of the molecule is C=CCN(C)c1ccncc1N. The highest BCUT2D eigenvalue weighted by Crippen LogP contribution is 2.18. The van der Waals surface area contributed by atoms with E-state index in [4.69, 9.17) is 5.73 Å². The summed E-state index contributed by atoms with van der Waals surface area (Å²) in [5.74, 6) is 0. The van der Waals surface area contributed by atoms with Crippen molar-refractivity contribution in [1.82, 2.24) is 4.98 Å². The van der Waals surface area contributed by atoms with Gasteiger partial charge in [-0.2, -0.15) is 0 Å². The summed E-state index contributed by atoms with van der Waals surface area (Å²) < 4.78 is 0. The Kier molecular flexibility index (Phi) is 2.69. The zero-order valence-electron chi connectivity index (χ0n) is 7.20. The third kappa shape index (κ3) is 1.75. The Morgan fingerprint density at radius 3 is 3.08 bits per heavy atom. The molecule has 0 saturated heterocycles. The van der Waals surface area contributed by atoms with E-state index < -0.39 is 0 Å². The Morgan fingerprint density at radius 2 is 2.50 bits per heavy atom. The van der Waals surface area contributed by atoms with E-state index in [1.54, 1.807) is 12.4 Å². The number of hydrogen-bond donors (Lipinski definition) is 1. The number of nitrogen functional groups attached to an aromatic ring is 1. The number of anilines is 2. The Labute approximate surface area is 72.5 Å². The first-order chi connectivity index (χ1) is 5.75. The van der Waals surface area contributed by atoms with Crippen molar-refractivity contribution in [2.24, 2.45) is 0 Å². The molecule has 0 bridgehead atoms. The highest BCUT2D eigenvalue weighted by molar-refractivity contribution is 5.65. The number of nitrogens with two attached hydrogens (primary N) is 1. The molecule has 64 valence electrons. The van der Waals surface area contributed by atoms with Crippen molar-refractivity contribution >= 4 is 11.4 Å². The van der Waals surface area contributed by atoms with E-state index in [0.717, 1.165) is 12.2 Å². The third-order valence-electron chi connectivity index (χ3n) is 1.64. The van der Waals surface area contributed by atoms with Gasteiger partial charge in [-0.15, -0.1) is 6.58 Å². The zero-order valence-corrected chi connectivity index (χ0v) is 7.20. The molecule has 12 heavy (non-hydrogen) atoms. The second-order valence-corrected chi connectivity index (χ2v) is 2.60. The average Bonchev–Trinajstić information content (AvgIpc) is 2.05. The summed E-state index contributed by atoms with van der Waals surface area (Å²) in [6.45, 7) is 4.44. The molecular weight excluding hydrogens is 150 g/mol. The van der Waals surface area contributed by atoms with Crippen LogP contribution in [0.25, 0.3) is 0 Å². The van der Waals surface area contributed by atoms with E-state index >= 15 is 0 Å². The maximum absolute atomic E-state index is 5.71. The lowest BCUT2D eigenvalue weighted by Gasteiger charge is -2.18. The lowest BCUT2D eigenvalue weighted by Crippen LogP contribution is -2.17. The lowest BCUT2D eigenvalue weighted by molar-refractivity contribution is 1.03. The maximum atomic E-state index is 5.71. The van der Waals surface area contributed by atoms with E-state index in [2.05, 4.69) is 11.6 Å². The van der Waals surface area contributed by atoms with Gasteiger partial charge in [0.25, 0.3) is 0 Å². The van der Waals surface area contributed by atoms with E-state index in [1.807, 2.05) is 24.1 Å². The van der Waals surface area contributed by atoms with Crippen molar-refractivity contribution in [3.63, 3.8) is 0 Å². The van der Waals surface area contributed by atoms with Gasteiger partial charge in [-0.1, -0.05) is 6.08 Å². The highest BCUT2D eigenvalue weighted by Gasteiger charge is 2.01. The Bertz CT molecular complexity index is 270. The van der Waals surface area contributed by atoms with Gasteiger partial charge in [-0.05, 0) is 6.07 Å². The monoisotopic (exact) mass is 163 g/mol. The summed E-state index contributed by atoms with van der Waals surface area (Å²) in [4.78, 5) is 5.93. The number of rotatable bonds is 3. The third-order valence-corrected chi connectivity index (χ3v) is 1.64. The lowest BCUT2D eigenvalue weighted by atomic mass is 10.3. The van der Waals surface area contributed by atoms with Crippen LogP contribution in [-0.2, 0) is 0 Å². The van der Waals surface area contributed by atoms with Gasteiger partial charge in [-0.25, -0.2) is 0 Å². The maximum Gasteiger partial charge on any atom is 0.0738 e. The minimum atomic E-state index is 0.696. The number of aromatic nitrogens is 1. The van der Waals surface area contributed by atoms with Crippen LogP contribution in [0.3, 0.4) is 0 Å². The molecule has 0 fully saturated rings. The van der Waals surface area contributed by atoms with Crippen LogP contribution in [0.2, 0.25) is 0 Å². The first-order valence-corrected chi connectivity index (χ1v) is 3.77. The summed E-state index contributed by atoms with van der Waals surface area (Å²) >= 11 is 0. The molecule has 2 N–H and O–H groups in total. The first-order valence-electron chi connectivity index (χ1n) is 3.77. The molecule has 0 spiro atoms. The summed E-state index contributed by atoms with van der Waals surface area (Å²) in [6.07, 6.45) is 5.21. The molecule has 1 heterocycles. The molecule has 0 atom stereocenters. The molecule has 0 aromatic carbocycles. The molecule has 0 saturated carbocycles. The Hall–Kier alpha value is -1.51. The van der Waals surface area contributed by atoms with Crippen molar-refractivity contribution in [2.45, 2.75) is 0 Å². The van der Waals surface area contributed by atoms with Crippen LogP contribution in [0.15, 0.2) is 31.1 Å². The smallest absolute Gasteiger partial charge is 0.0738 e. The van der Waals surface area contributed by atoms with Gasteiger partial charge in [0.05, 0.1) is 17.6 Å². The molecule has 0 unspecified atom stereocenters. The van der Waals surface area contributed by atoms with Crippen LogP contribution in [-0.4, -0.2) is 18.6 Å². The van der Waals surface area contributed by atoms with Crippen molar-refractivity contribution in [2.75, 3.05) is 24.2 Å². The molecule has 1 rings (SSSR count). The quantitative estimate of drug-likeness (QED) is 0.683. The van der Waals surface area contributed by atoms with Gasteiger partial charge in [0.1, 0.15) is 0 Å². The average molecular weight is 163 g/mol. The first kappa shape index (κ1) is 8.59. The fraction of sp³-hybridized carbons (Fsp3) is 0.222. The van der Waals surface area contributed by atoms with Crippen molar-refractivity contribution in [1.29, 1.82) is 0 Å². The fourth-order valence-electron chi connectivity index (χ4n) is 1.04. The van der Waals surface area contributed by atoms with Crippen LogP contribution in [0, 0.1) is 0 Å². The minimum absolute atomic E-state index is 0.696. The Balaban J connectivity index is 2.86. The summed E-state index contributed by atoms with van der Waals surface area (Å²) in [7, 11) is 1.97. The van der Waals surface area contributed by atoms with Crippen LogP contribution in [0.5, 0.6) is 0 Å². The van der Waals surface area contributed by atoms with Crippen molar-refractivity contribution < 1.29 is 0 Å². The number of likely N-dealkylation sites (N-methyl/N-ethyl adjacent to an activating group) is 1. The number of pyridine rings is 1. The molecule has 0 aliphatic carbocycles.